The first-order valence-corrected chi connectivity index (χ1v) is 7.20. The van der Waals surface area contributed by atoms with Gasteiger partial charge in [0.25, 0.3) is 0 Å². The monoisotopic (exact) mass is 269 g/mol. The molecular formula is C18H23NO. The lowest BCUT2D eigenvalue weighted by molar-refractivity contribution is 0.425. The summed E-state index contributed by atoms with van der Waals surface area (Å²) >= 11 is 0. The van der Waals surface area contributed by atoms with Gasteiger partial charge in [-0.15, -0.1) is 0 Å². The highest BCUT2D eigenvalue weighted by atomic mass is 16.5. The molecule has 0 saturated heterocycles. The van der Waals surface area contributed by atoms with E-state index < -0.39 is 0 Å². The smallest absolute Gasteiger partial charge is 0.127 e. The first-order valence-electron chi connectivity index (χ1n) is 7.20. The van der Waals surface area contributed by atoms with Crippen LogP contribution in [0.15, 0.2) is 54.6 Å². The molecule has 20 heavy (non-hydrogen) atoms. The molecule has 0 radical (unpaired) electrons. The molecule has 1 unspecified atom stereocenters. The second kappa shape index (κ2) is 7.11. The van der Waals surface area contributed by atoms with Crippen LogP contribution >= 0.6 is 0 Å². The summed E-state index contributed by atoms with van der Waals surface area (Å²) in [5, 5.41) is 3.53. The Morgan fingerprint density at radius 3 is 2.30 bits per heavy atom. The highest BCUT2D eigenvalue weighted by Gasteiger charge is 2.06. The number of ether oxygens (including phenoxy) is 1. The average molecular weight is 269 g/mol. The van der Waals surface area contributed by atoms with Crippen LogP contribution in [0.1, 0.15) is 26.3 Å². The SMILES string of the molecule is CC(C)C(C)NCc1cccc(Oc2ccccc2)c1. The van der Waals surface area contributed by atoms with Crippen molar-refractivity contribution in [3.63, 3.8) is 0 Å². The van der Waals surface area contributed by atoms with Gasteiger partial charge in [-0.1, -0.05) is 44.2 Å². The molecule has 0 aliphatic carbocycles. The van der Waals surface area contributed by atoms with Crippen LogP contribution in [0.3, 0.4) is 0 Å². The van der Waals surface area contributed by atoms with Crippen LogP contribution in [0.4, 0.5) is 0 Å². The molecule has 0 fully saturated rings. The van der Waals surface area contributed by atoms with Crippen molar-refractivity contribution in [2.75, 3.05) is 0 Å². The summed E-state index contributed by atoms with van der Waals surface area (Å²) in [7, 11) is 0. The highest BCUT2D eigenvalue weighted by molar-refractivity contribution is 5.33. The van der Waals surface area contributed by atoms with E-state index in [-0.39, 0.29) is 0 Å². The predicted octanol–water partition coefficient (Wildman–Crippen LogP) is 4.61. The van der Waals surface area contributed by atoms with E-state index in [1.165, 1.54) is 5.56 Å². The molecule has 2 aromatic carbocycles. The van der Waals surface area contributed by atoms with E-state index >= 15 is 0 Å². The molecule has 0 heterocycles. The van der Waals surface area contributed by atoms with Crippen molar-refractivity contribution in [1.29, 1.82) is 0 Å². The Balaban J connectivity index is 1.97. The summed E-state index contributed by atoms with van der Waals surface area (Å²) in [6.07, 6.45) is 0. The molecule has 2 aromatic rings. The number of nitrogens with one attached hydrogen (secondary N) is 1. The number of hydrogen-bond donors (Lipinski definition) is 1. The van der Waals surface area contributed by atoms with E-state index in [1.54, 1.807) is 0 Å². The van der Waals surface area contributed by atoms with Crippen LogP contribution in [0.2, 0.25) is 0 Å². The van der Waals surface area contributed by atoms with Crippen LogP contribution in [0.5, 0.6) is 11.5 Å². The molecular weight excluding hydrogens is 246 g/mol. The quantitative estimate of drug-likeness (QED) is 0.826. The Labute approximate surface area is 121 Å². The molecule has 1 atom stereocenters. The van der Waals surface area contributed by atoms with Gasteiger partial charge in [0.05, 0.1) is 0 Å². The van der Waals surface area contributed by atoms with Gasteiger partial charge in [0.1, 0.15) is 11.5 Å². The van der Waals surface area contributed by atoms with Crippen LogP contribution in [0, 0.1) is 5.92 Å². The number of para-hydroxylation sites is 1. The third kappa shape index (κ3) is 4.39. The molecule has 2 heteroatoms. The lowest BCUT2D eigenvalue weighted by atomic mass is 10.1. The molecule has 0 bridgehead atoms. The molecule has 2 rings (SSSR count). The Morgan fingerprint density at radius 2 is 1.60 bits per heavy atom. The zero-order valence-electron chi connectivity index (χ0n) is 12.5. The van der Waals surface area contributed by atoms with E-state index in [1.807, 2.05) is 42.5 Å². The van der Waals surface area contributed by atoms with Crippen molar-refractivity contribution in [3.05, 3.63) is 60.2 Å². The minimum absolute atomic E-state index is 0.508. The van der Waals surface area contributed by atoms with Gasteiger partial charge in [-0.2, -0.15) is 0 Å². The van der Waals surface area contributed by atoms with Crippen molar-refractivity contribution in [1.82, 2.24) is 5.32 Å². The summed E-state index contributed by atoms with van der Waals surface area (Å²) in [6, 6.07) is 18.6. The second-order valence-electron chi connectivity index (χ2n) is 5.48. The fourth-order valence-corrected chi connectivity index (χ4v) is 1.86. The van der Waals surface area contributed by atoms with E-state index in [0.29, 0.717) is 12.0 Å². The topological polar surface area (TPSA) is 21.3 Å². The maximum atomic E-state index is 5.85. The molecule has 106 valence electrons. The third-order valence-electron chi connectivity index (χ3n) is 3.51. The maximum absolute atomic E-state index is 5.85. The van der Waals surface area contributed by atoms with Crippen molar-refractivity contribution in [2.24, 2.45) is 5.92 Å². The molecule has 2 nitrogen and oxygen atoms in total. The predicted molar refractivity (Wildman–Crippen MR) is 84.1 cm³/mol. The standard InChI is InChI=1S/C18H23NO/c1-14(2)15(3)19-13-16-8-7-11-18(12-16)20-17-9-5-4-6-10-17/h4-12,14-15,19H,13H2,1-3H3. The molecule has 1 N–H and O–H groups in total. The number of rotatable bonds is 6. The Bertz CT molecular complexity index is 522. The van der Waals surface area contributed by atoms with Crippen molar-refractivity contribution < 1.29 is 4.74 Å². The van der Waals surface area contributed by atoms with Gasteiger partial charge >= 0.3 is 0 Å². The summed E-state index contributed by atoms with van der Waals surface area (Å²) < 4.78 is 5.85. The first-order chi connectivity index (χ1) is 9.65. The average Bonchev–Trinajstić information content (AvgIpc) is 2.46. The number of hydrogen-bond acceptors (Lipinski definition) is 2. The van der Waals surface area contributed by atoms with Crippen LogP contribution < -0.4 is 10.1 Å². The molecule has 0 spiro atoms. The summed E-state index contributed by atoms with van der Waals surface area (Å²) in [6.45, 7) is 7.54. The second-order valence-corrected chi connectivity index (χ2v) is 5.48. The van der Waals surface area contributed by atoms with Crippen LogP contribution in [-0.2, 0) is 6.54 Å². The van der Waals surface area contributed by atoms with E-state index in [0.717, 1.165) is 18.0 Å². The van der Waals surface area contributed by atoms with Gasteiger partial charge in [-0.05, 0) is 42.7 Å². The Kier molecular flexibility index (Phi) is 5.19. The summed E-state index contributed by atoms with van der Waals surface area (Å²) in [5.74, 6) is 2.39. The van der Waals surface area contributed by atoms with Gasteiger partial charge in [-0.3, -0.25) is 0 Å². The first kappa shape index (κ1) is 14.6. The fourth-order valence-electron chi connectivity index (χ4n) is 1.86. The zero-order chi connectivity index (χ0) is 14.4. The van der Waals surface area contributed by atoms with Gasteiger partial charge in [0.15, 0.2) is 0 Å². The van der Waals surface area contributed by atoms with E-state index in [9.17, 15) is 0 Å². The van der Waals surface area contributed by atoms with Gasteiger partial charge in [0.2, 0.25) is 0 Å². The third-order valence-corrected chi connectivity index (χ3v) is 3.51. The van der Waals surface area contributed by atoms with E-state index in [2.05, 4.69) is 38.2 Å². The van der Waals surface area contributed by atoms with Crippen LogP contribution in [0.25, 0.3) is 0 Å². The van der Waals surface area contributed by atoms with Gasteiger partial charge in [-0.25, -0.2) is 0 Å². The summed E-state index contributed by atoms with van der Waals surface area (Å²) in [5.41, 5.74) is 1.24. The van der Waals surface area contributed by atoms with Crippen molar-refractivity contribution in [2.45, 2.75) is 33.4 Å². The summed E-state index contributed by atoms with van der Waals surface area (Å²) in [4.78, 5) is 0. The van der Waals surface area contributed by atoms with Gasteiger partial charge < -0.3 is 10.1 Å². The molecule has 0 amide bonds. The largest absolute Gasteiger partial charge is 0.457 e. The minimum Gasteiger partial charge on any atom is -0.457 e. The van der Waals surface area contributed by atoms with Crippen molar-refractivity contribution >= 4 is 0 Å². The van der Waals surface area contributed by atoms with Crippen molar-refractivity contribution in [3.8, 4) is 11.5 Å². The zero-order valence-corrected chi connectivity index (χ0v) is 12.5. The molecule has 0 aromatic heterocycles. The highest BCUT2D eigenvalue weighted by Crippen LogP contribution is 2.21. The fraction of sp³-hybridized carbons (Fsp3) is 0.333. The molecule has 0 aliphatic rings. The minimum atomic E-state index is 0.508. The lowest BCUT2D eigenvalue weighted by Crippen LogP contribution is -2.30. The van der Waals surface area contributed by atoms with Crippen LogP contribution in [-0.4, -0.2) is 6.04 Å². The number of benzene rings is 2. The molecule has 0 saturated carbocycles. The van der Waals surface area contributed by atoms with Gasteiger partial charge in [0, 0.05) is 12.6 Å². The lowest BCUT2D eigenvalue weighted by Gasteiger charge is -2.17. The Morgan fingerprint density at radius 1 is 0.900 bits per heavy atom. The Hall–Kier alpha value is -1.80. The van der Waals surface area contributed by atoms with E-state index in [4.69, 9.17) is 4.74 Å². The normalized spacial score (nSPS) is 12.4. The molecule has 0 aliphatic heterocycles. The maximum Gasteiger partial charge on any atom is 0.127 e.